The molecule has 0 atom stereocenters. The first-order chi connectivity index (χ1) is 12.7. The number of nitrogens with zero attached hydrogens (tertiary/aromatic N) is 4. The zero-order chi connectivity index (χ0) is 17.9. The number of aromatic nitrogens is 3. The Hall–Kier alpha value is -2.96. The van der Waals surface area contributed by atoms with Crippen LogP contribution in [0.3, 0.4) is 0 Å². The molecule has 0 aliphatic carbocycles. The number of fused-ring (bicyclic) bond motifs is 3. The Morgan fingerprint density at radius 3 is 2.92 bits per heavy atom. The van der Waals surface area contributed by atoms with Crippen molar-refractivity contribution in [3.8, 4) is 5.75 Å². The summed E-state index contributed by atoms with van der Waals surface area (Å²) in [5, 5.41) is 4.61. The molecule has 2 aromatic heterocycles. The van der Waals surface area contributed by atoms with Gasteiger partial charge in [0, 0.05) is 37.3 Å². The molecule has 3 heterocycles. The fraction of sp³-hybridized carbons (Fsp3) is 0.316. The van der Waals surface area contributed by atoms with Crippen molar-refractivity contribution in [1.82, 2.24) is 19.5 Å². The van der Waals surface area contributed by atoms with Gasteiger partial charge in [0.15, 0.2) is 5.65 Å². The van der Waals surface area contributed by atoms with Crippen molar-refractivity contribution >= 4 is 11.6 Å². The zero-order valence-electron chi connectivity index (χ0n) is 14.3. The number of hydrogen-bond acceptors (Lipinski definition) is 4. The van der Waals surface area contributed by atoms with Crippen LogP contribution in [-0.2, 0) is 24.4 Å². The van der Waals surface area contributed by atoms with E-state index in [4.69, 9.17) is 4.74 Å². The zero-order valence-corrected chi connectivity index (χ0v) is 14.3. The first kappa shape index (κ1) is 16.5. The van der Waals surface area contributed by atoms with Crippen LogP contribution in [0.2, 0.25) is 0 Å². The molecule has 134 valence electrons. The van der Waals surface area contributed by atoms with E-state index < -0.39 is 6.67 Å². The monoisotopic (exact) mass is 354 g/mol. The normalized spacial score (nSPS) is 13.7. The standard InChI is InChI=1S/C19H19FN4O2/c20-8-6-19(25)23-9-7-17-14(12-23)11-21-18-10-15(22-24(17)18)13-26-16-4-2-1-3-5-16/h1-5,10-11H,6-9,12-13H2. The lowest BCUT2D eigenvalue weighted by atomic mass is 10.1. The van der Waals surface area contributed by atoms with Gasteiger partial charge in [-0.3, -0.25) is 9.18 Å². The third-order valence-electron chi connectivity index (χ3n) is 4.49. The van der Waals surface area contributed by atoms with Gasteiger partial charge in [-0.05, 0) is 12.1 Å². The first-order valence-corrected chi connectivity index (χ1v) is 8.61. The van der Waals surface area contributed by atoms with E-state index in [0.717, 1.165) is 28.3 Å². The third kappa shape index (κ3) is 3.24. The van der Waals surface area contributed by atoms with Crippen molar-refractivity contribution in [3.63, 3.8) is 0 Å². The molecule has 3 aromatic rings. The van der Waals surface area contributed by atoms with E-state index in [1.165, 1.54) is 0 Å². The maximum atomic E-state index is 12.4. The summed E-state index contributed by atoms with van der Waals surface area (Å²) in [5.41, 5.74) is 3.56. The van der Waals surface area contributed by atoms with Gasteiger partial charge in [-0.1, -0.05) is 18.2 Å². The molecule has 0 spiro atoms. The smallest absolute Gasteiger partial charge is 0.225 e. The molecule has 4 rings (SSSR count). The number of carbonyl (C=O) groups excluding carboxylic acids is 1. The van der Waals surface area contributed by atoms with Crippen molar-refractivity contribution in [2.45, 2.75) is 26.0 Å². The fourth-order valence-electron chi connectivity index (χ4n) is 3.18. The van der Waals surface area contributed by atoms with Crippen molar-refractivity contribution in [2.75, 3.05) is 13.2 Å². The van der Waals surface area contributed by atoms with Gasteiger partial charge in [-0.2, -0.15) is 5.10 Å². The van der Waals surface area contributed by atoms with Crippen molar-refractivity contribution in [1.29, 1.82) is 0 Å². The Morgan fingerprint density at radius 2 is 2.12 bits per heavy atom. The second-order valence-electron chi connectivity index (χ2n) is 6.24. The summed E-state index contributed by atoms with van der Waals surface area (Å²) in [5.74, 6) is 0.636. The molecule has 1 aliphatic rings. The molecular formula is C19H19FN4O2. The largest absolute Gasteiger partial charge is 0.487 e. The molecule has 7 heteroatoms. The van der Waals surface area contributed by atoms with Gasteiger partial charge in [0.25, 0.3) is 0 Å². The molecule has 6 nitrogen and oxygen atoms in total. The molecule has 26 heavy (non-hydrogen) atoms. The molecule has 1 amide bonds. The highest BCUT2D eigenvalue weighted by molar-refractivity contribution is 5.76. The summed E-state index contributed by atoms with van der Waals surface area (Å²) in [6.07, 6.45) is 2.39. The minimum absolute atomic E-state index is 0.0618. The van der Waals surface area contributed by atoms with Gasteiger partial charge >= 0.3 is 0 Å². The number of ether oxygens (including phenoxy) is 1. The average Bonchev–Trinajstić information content (AvgIpc) is 3.10. The number of amides is 1. The summed E-state index contributed by atoms with van der Waals surface area (Å²) in [4.78, 5) is 18.0. The summed E-state index contributed by atoms with van der Waals surface area (Å²) in [6.45, 7) is 0.764. The number of benzene rings is 1. The molecular weight excluding hydrogens is 335 g/mol. The fourth-order valence-corrected chi connectivity index (χ4v) is 3.18. The molecule has 0 saturated heterocycles. The number of alkyl halides is 1. The molecule has 0 radical (unpaired) electrons. The Morgan fingerprint density at radius 1 is 1.27 bits per heavy atom. The molecule has 1 aliphatic heterocycles. The Balaban J connectivity index is 1.53. The predicted octanol–water partition coefficient (Wildman–Crippen LogP) is 2.55. The minimum atomic E-state index is -0.622. The summed E-state index contributed by atoms with van der Waals surface area (Å²) in [7, 11) is 0. The third-order valence-corrected chi connectivity index (χ3v) is 4.49. The highest BCUT2D eigenvalue weighted by Gasteiger charge is 2.23. The highest BCUT2D eigenvalue weighted by atomic mass is 19.1. The SMILES string of the molecule is O=C(CCF)N1CCc2c(cnc3cc(COc4ccccc4)nn23)C1. The number of halogens is 1. The number of para-hydroxylation sites is 1. The van der Waals surface area contributed by atoms with Gasteiger partial charge in [0.1, 0.15) is 18.1 Å². The van der Waals surface area contributed by atoms with E-state index in [0.29, 0.717) is 26.1 Å². The van der Waals surface area contributed by atoms with E-state index >= 15 is 0 Å². The van der Waals surface area contributed by atoms with Gasteiger partial charge in [-0.25, -0.2) is 9.50 Å². The van der Waals surface area contributed by atoms with Crippen LogP contribution >= 0.6 is 0 Å². The summed E-state index contributed by atoms with van der Waals surface area (Å²) >= 11 is 0. The maximum absolute atomic E-state index is 12.4. The minimum Gasteiger partial charge on any atom is -0.487 e. The van der Waals surface area contributed by atoms with E-state index in [-0.39, 0.29) is 12.3 Å². The molecule has 0 unspecified atom stereocenters. The molecule has 0 saturated carbocycles. The summed E-state index contributed by atoms with van der Waals surface area (Å²) < 4.78 is 20.0. The number of rotatable bonds is 5. The van der Waals surface area contributed by atoms with Crippen LogP contribution in [0, 0.1) is 0 Å². The van der Waals surface area contributed by atoms with Crippen LogP contribution in [0.25, 0.3) is 5.65 Å². The van der Waals surface area contributed by atoms with Crippen LogP contribution in [0.5, 0.6) is 5.75 Å². The van der Waals surface area contributed by atoms with Crippen LogP contribution in [0.1, 0.15) is 23.4 Å². The highest BCUT2D eigenvalue weighted by Crippen LogP contribution is 2.21. The lowest BCUT2D eigenvalue weighted by molar-refractivity contribution is -0.132. The van der Waals surface area contributed by atoms with Gasteiger partial charge in [-0.15, -0.1) is 0 Å². The quantitative estimate of drug-likeness (QED) is 0.707. The number of carbonyl (C=O) groups is 1. The first-order valence-electron chi connectivity index (χ1n) is 8.61. The van der Waals surface area contributed by atoms with Crippen molar-refractivity contribution < 1.29 is 13.9 Å². The Kier molecular flexibility index (Phi) is 4.51. The maximum Gasteiger partial charge on any atom is 0.225 e. The lowest BCUT2D eigenvalue weighted by Crippen LogP contribution is -2.37. The molecule has 0 fully saturated rings. The molecule has 0 N–H and O–H groups in total. The van der Waals surface area contributed by atoms with E-state index in [1.54, 1.807) is 11.1 Å². The summed E-state index contributed by atoms with van der Waals surface area (Å²) in [6, 6.07) is 11.5. The lowest BCUT2D eigenvalue weighted by Gasteiger charge is -2.28. The van der Waals surface area contributed by atoms with Crippen LogP contribution in [-0.4, -0.2) is 38.6 Å². The molecule has 0 bridgehead atoms. The van der Waals surface area contributed by atoms with Crippen LogP contribution in [0.15, 0.2) is 42.6 Å². The number of hydrogen-bond donors (Lipinski definition) is 0. The Labute approximate surface area is 150 Å². The van der Waals surface area contributed by atoms with Crippen LogP contribution < -0.4 is 4.74 Å². The van der Waals surface area contributed by atoms with E-state index in [1.807, 2.05) is 40.9 Å². The second kappa shape index (κ2) is 7.11. The van der Waals surface area contributed by atoms with E-state index in [2.05, 4.69) is 10.1 Å². The van der Waals surface area contributed by atoms with Gasteiger partial charge in [0.2, 0.25) is 5.91 Å². The van der Waals surface area contributed by atoms with E-state index in [9.17, 15) is 9.18 Å². The Bertz CT molecular complexity index is 926. The van der Waals surface area contributed by atoms with Crippen molar-refractivity contribution in [3.05, 3.63) is 59.5 Å². The van der Waals surface area contributed by atoms with Gasteiger partial charge < -0.3 is 9.64 Å². The predicted molar refractivity (Wildman–Crippen MR) is 93.5 cm³/mol. The van der Waals surface area contributed by atoms with Crippen molar-refractivity contribution in [2.24, 2.45) is 0 Å². The van der Waals surface area contributed by atoms with Crippen LogP contribution in [0.4, 0.5) is 4.39 Å². The molecule has 1 aromatic carbocycles. The van der Waals surface area contributed by atoms with Gasteiger partial charge in [0.05, 0.1) is 18.8 Å². The average molecular weight is 354 g/mol. The topological polar surface area (TPSA) is 59.7 Å². The second-order valence-corrected chi connectivity index (χ2v) is 6.24.